The number of hydrogen-bond acceptors (Lipinski definition) is 5. The number of rotatable bonds is 5. The van der Waals surface area contributed by atoms with Crippen molar-refractivity contribution in [3.63, 3.8) is 0 Å². The summed E-state index contributed by atoms with van der Waals surface area (Å²) < 4.78 is 40.4. The summed E-state index contributed by atoms with van der Waals surface area (Å²) in [6.07, 6.45) is 2.05. The zero-order chi connectivity index (χ0) is 15.6. The molecule has 1 aromatic carbocycles. The molecule has 0 saturated heterocycles. The largest absolute Gasteiger partial charge is 0.396 e. The number of halogens is 1. The second-order valence-electron chi connectivity index (χ2n) is 4.97. The molecule has 7 nitrogen and oxygen atoms in total. The number of sulfonamides is 1. The van der Waals surface area contributed by atoms with Crippen LogP contribution in [-0.2, 0) is 10.0 Å². The van der Waals surface area contributed by atoms with Gasteiger partial charge in [0, 0.05) is 18.7 Å². The molecule has 2 rings (SSSR count). The smallest absolute Gasteiger partial charge is 0.272 e. The first-order valence-electron chi connectivity index (χ1n) is 6.42. The lowest BCUT2D eigenvalue weighted by atomic mass is 10.1. The lowest BCUT2D eigenvalue weighted by Gasteiger charge is -2.19. The third-order valence-electron chi connectivity index (χ3n) is 3.62. The van der Waals surface area contributed by atoms with E-state index in [1.165, 1.54) is 0 Å². The number of nitrogens with one attached hydrogen (secondary N) is 1. The van der Waals surface area contributed by atoms with Gasteiger partial charge in [-0.15, -0.1) is 0 Å². The van der Waals surface area contributed by atoms with E-state index in [-0.39, 0.29) is 12.5 Å². The van der Waals surface area contributed by atoms with Crippen molar-refractivity contribution in [3.05, 3.63) is 34.1 Å². The van der Waals surface area contributed by atoms with Crippen LogP contribution in [0.1, 0.15) is 19.3 Å². The number of nitro benzene ring substituents is 1. The van der Waals surface area contributed by atoms with Gasteiger partial charge in [-0.25, -0.2) is 17.5 Å². The van der Waals surface area contributed by atoms with Crippen LogP contribution in [0.5, 0.6) is 0 Å². The van der Waals surface area contributed by atoms with Gasteiger partial charge in [-0.05, 0) is 24.8 Å². The predicted octanol–water partition coefficient (Wildman–Crippen LogP) is 1.17. The fourth-order valence-electron chi connectivity index (χ4n) is 2.49. The van der Waals surface area contributed by atoms with Crippen molar-refractivity contribution in [2.24, 2.45) is 5.92 Å². The molecule has 2 N–H and O–H groups in total. The molecule has 0 spiro atoms. The summed E-state index contributed by atoms with van der Waals surface area (Å²) in [4.78, 5) is 9.09. The minimum absolute atomic E-state index is 0.143. The Morgan fingerprint density at radius 2 is 2.14 bits per heavy atom. The minimum atomic E-state index is -4.12. The molecule has 1 aliphatic carbocycles. The molecular weight excluding hydrogens is 303 g/mol. The van der Waals surface area contributed by atoms with Crippen molar-refractivity contribution in [3.8, 4) is 0 Å². The van der Waals surface area contributed by atoms with Crippen LogP contribution in [0, 0.1) is 21.8 Å². The molecule has 9 heteroatoms. The standard InChI is InChI=1S/C12H15FN2O5S/c13-10-6-9(15(17)18)4-5-12(10)21(19,20)14-11-3-1-2-8(11)7-16/h4-6,8,11,14,16H,1-3,7H2. The van der Waals surface area contributed by atoms with E-state index in [4.69, 9.17) is 0 Å². The van der Waals surface area contributed by atoms with E-state index in [1.54, 1.807) is 0 Å². The molecule has 0 heterocycles. The van der Waals surface area contributed by atoms with Crippen molar-refractivity contribution in [2.75, 3.05) is 6.61 Å². The highest BCUT2D eigenvalue weighted by Crippen LogP contribution is 2.27. The Labute approximate surface area is 121 Å². The van der Waals surface area contributed by atoms with Gasteiger partial charge in [0.25, 0.3) is 5.69 Å². The van der Waals surface area contributed by atoms with Crippen LogP contribution in [0.2, 0.25) is 0 Å². The molecule has 0 aliphatic heterocycles. The maximum absolute atomic E-state index is 13.8. The summed E-state index contributed by atoms with van der Waals surface area (Å²) in [5, 5.41) is 19.7. The van der Waals surface area contributed by atoms with Gasteiger partial charge in [-0.2, -0.15) is 0 Å². The van der Waals surface area contributed by atoms with E-state index in [0.717, 1.165) is 18.6 Å². The SMILES string of the molecule is O=[N+]([O-])c1ccc(S(=O)(=O)NC2CCCC2CO)c(F)c1. The van der Waals surface area contributed by atoms with E-state index in [2.05, 4.69) is 4.72 Å². The normalized spacial score (nSPS) is 22.4. The molecular formula is C12H15FN2O5S. The Balaban J connectivity index is 2.25. The molecule has 1 saturated carbocycles. The second-order valence-corrected chi connectivity index (χ2v) is 6.66. The number of hydrogen-bond donors (Lipinski definition) is 2. The van der Waals surface area contributed by atoms with Crippen LogP contribution in [-0.4, -0.2) is 31.1 Å². The van der Waals surface area contributed by atoms with Crippen molar-refractivity contribution in [2.45, 2.75) is 30.2 Å². The molecule has 1 aliphatic rings. The average Bonchev–Trinajstić information content (AvgIpc) is 2.84. The fraction of sp³-hybridized carbons (Fsp3) is 0.500. The first kappa shape index (κ1) is 15.8. The average molecular weight is 318 g/mol. The molecule has 1 aromatic rings. The topological polar surface area (TPSA) is 110 Å². The van der Waals surface area contributed by atoms with Gasteiger partial charge in [0.1, 0.15) is 10.7 Å². The molecule has 1 fully saturated rings. The van der Waals surface area contributed by atoms with Gasteiger partial charge in [0.05, 0.1) is 11.0 Å². The van der Waals surface area contributed by atoms with Gasteiger partial charge in [0.2, 0.25) is 10.0 Å². The number of nitrogens with zero attached hydrogens (tertiary/aromatic N) is 1. The van der Waals surface area contributed by atoms with Crippen molar-refractivity contribution in [1.82, 2.24) is 4.72 Å². The van der Waals surface area contributed by atoms with Crippen molar-refractivity contribution in [1.29, 1.82) is 0 Å². The van der Waals surface area contributed by atoms with Gasteiger partial charge in [-0.1, -0.05) is 6.42 Å². The number of benzene rings is 1. The third kappa shape index (κ3) is 3.36. The summed E-state index contributed by atoms with van der Waals surface area (Å²) >= 11 is 0. The molecule has 116 valence electrons. The maximum atomic E-state index is 13.8. The van der Waals surface area contributed by atoms with Gasteiger partial charge < -0.3 is 5.11 Å². The summed E-state index contributed by atoms with van der Waals surface area (Å²) in [6.45, 7) is -0.143. The van der Waals surface area contributed by atoms with E-state index in [0.29, 0.717) is 18.9 Å². The quantitative estimate of drug-likeness (QED) is 0.625. The molecule has 0 amide bonds. The zero-order valence-corrected chi connectivity index (χ0v) is 11.8. The minimum Gasteiger partial charge on any atom is -0.396 e. The second kappa shape index (κ2) is 6.04. The Hall–Kier alpha value is -1.58. The molecule has 21 heavy (non-hydrogen) atoms. The van der Waals surface area contributed by atoms with Crippen LogP contribution in [0.25, 0.3) is 0 Å². The highest BCUT2D eigenvalue weighted by Gasteiger charge is 2.32. The van der Waals surface area contributed by atoms with Crippen LogP contribution < -0.4 is 4.72 Å². The monoisotopic (exact) mass is 318 g/mol. The highest BCUT2D eigenvalue weighted by molar-refractivity contribution is 7.89. The van der Waals surface area contributed by atoms with Crippen molar-refractivity contribution >= 4 is 15.7 Å². The first-order valence-corrected chi connectivity index (χ1v) is 7.90. The Morgan fingerprint density at radius 3 is 2.71 bits per heavy atom. The highest BCUT2D eigenvalue weighted by atomic mass is 32.2. The molecule has 2 unspecified atom stereocenters. The maximum Gasteiger partial charge on any atom is 0.272 e. The molecule has 0 bridgehead atoms. The number of non-ortho nitro benzene ring substituents is 1. The lowest BCUT2D eigenvalue weighted by molar-refractivity contribution is -0.385. The summed E-state index contributed by atoms with van der Waals surface area (Å²) in [5.41, 5.74) is -0.513. The van der Waals surface area contributed by atoms with Gasteiger partial charge >= 0.3 is 0 Å². The Morgan fingerprint density at radius 1 is 1.43 bits per heavy atom. The predicted molar refractivity (Wildman–Crippen MR) is 71.6 cm³/mol. The van der Waals surface area contributed by atoms with Gasteiger partial charge in [-0.3, -0.25) is 10.1 Å². The molecule has 0 radical (unpaired) electrons. The molecule has 0 aromatic heterocycles. The fourth-order valence-corrected chi connectivity index (χ4v) is 3.89. The molecule has 2 atom stereocenters. The number of nitro groups is 1. The lowest BCUT2D eigenvalue weighted by Crippen LogP contribution is -2.38. The van der Waals surface area contributed by atoms with Crippen LogP contribution in [0.4, 0.5) is 10.1 Å². The van der Waals surface area contributed by atoms with Crippen LogP contribution >= 0.6 is 0 Å². The van der Waals surface area contributed by atoms with Crippen LogP contribution in [0.3, 0.4) is 0 Å². The van der Waals surface area contributed by atoms with Crippen LogP contribution in [0.15, 0.2) is 23.1 Å². The van der Waals surface area contributed by atoms with Crippen molar-refractivity contribution < 1.29 is 22.8 Å². The summed E-state index contributed by atoms with van der Waals surface area (Å²) in [5.74, 6) is -1.36. The summed E-state index contributed by atoms with van der Waals surface area (Å²) in [7, 11) is -4.12. The van der Waals surface area contributed by atoms with E-state index in [1.807, 2.05) is 0 Å². The summed E-state index contributed by atoms with van der Waals surface area (Å²) in [6, 6.07) is 1.94. The third-order valence-corrected chi connectivity index (χ3v) is 5.14. The number of aliphatic hydroxyl groups excluding tert-OH is 1. The van der Waals surface area contributed by atoms with E-state index >= 15 is 0 Å². The first-order chi connectivity index (χ1) is 9.85. The zero-order valence-electron chi connectivity index (χ0n) is 11.0. The van der Waals surface area contributed by atoms with Gasteiger partial charge in [0.15, 0.2) is 0 Å². The Kier molecular flexibility index (Phi) is 4.55. The Bertz CT molecular complexity index is 649. The number of aliphatic hydroxyl groups is 1. The van der Waals surface area contributed by atoms with E-state index in [9.17, 15) is 28.0 Å². The van der Waals surface area contributed by atoms with E-state index < -0.39 is 37.4 Å².